The molecule has 0 atom stereocenters. The highest BCUT2D eigenvalue weighted by Gasteiger charge is 2.27. The molecule has 1 saturated heterocycles. The van der Waals surface area contributed by atoms with Crippen LogP contribution in [-0.4, -0.2) is 19.2 Å². The lowest BCUT2D eigenvalue weighted by atomic mass is 10.3. The molecule has 1 aliphatic heterocycles. The lowest BCUT2D eigenvalue weighted by molar-refractivity contribution is 0.181. The minimum atomic E-state index is -0.443. The topological polar surface area (TPSA) is 29.5 Å². The maximum atomic E-state index is 11.3. The highest BCUT2D eigenvalue weighted by Crippen LogP contribution is 2.37. The largest absolute Gasteiger partial charge is 0.447 e. The Labute approximate surface area is 101 Å². The predicted molar refractivity (Wildman–Crippen MR) is 60.2 cm³/mol. The number of nitrogens with zero attached hydrogens (tertiary/aromatic N) is 1. The molecule has 2 rings (SSSR count). The molecule has 3 nitrogen and oxygen atoms in total. The van der Waals surface area contributed by atoms with Gasteiger partial charge < -0.3 is 4.74 Å². The highest BCUT2D eigenvalue weighted by molar-refractivity contribution is 6.42. The molecule has 1 fully saturated rings. The van der Waals surface area contributed by atoms with E-state index in [-0.39, 0.29) is 0 Å². The zero-order chi connectivity index (χ0) is 11.0. The van der Waals surface area contributed by atoms with Crippen molar-refractivity contribution in [1.82, 2.24) is 0 Å². The first-order valence-electron chi connectivity index (χ1n) is 4.18. The summed E-state index contributed by atoms with van der Waals surface area (Å²) in [5.74, 6) is 0. The summed E-state index contributed by atoms with van der Waals surface area (Å²) in [5, 5.41) is 1.11. The summed E-state index contributed by atoms with van der Waals surface area (Å²) < 4.78 is 4.80. The van der Waals surface area contributed by atoms with Gasteiger partial charge in [0.15, 0.2) is 0 Å². The molecule has 0 bridgehead atoms. The first-order valence-corrected chi connectivity index (χ1v) is 5.32. The van der Waals surface area contributed by atoms with Crippen LogP contribution < -0.4 is 4.90 Å². The number of hydrogen-bond donors (Lipinski definition) is 0. The van der Waals surface area contributed by atoms with E-state index in [1.54, 1.807) is 0 Å². The van der Waals surface area contributed by atoms with Crippen LogP contribution in [0.4, 0.5) is 10.5 Å². The maximum absolute atomic E-state index is 11.3. The summed E-state index contributed by atoms with van der Waals surface area (Å²) in [4.78, 5) is 12.7. The summed E-state index contributed by atoms with van der Waals surface area (Å²) in [5.41, 5.74) is 0.449. The van der Waals surface area contributed by atoms with E-state index in [2.05, 4.69) is 0 Å². The predicted octanol–water partition coefficient (Wildman–Crippen LogP) is 3.60. The molecule has 1 aromatic rings. The average molecular weight is 267 g/mol. The fraction of sp³-hybridized carbons (Fsp3) is 0.222. The Morgan fingerprint density at radius 3 is 2.27 bits per heavy atom. The number of ether oxygens (including phenoxy) is 1. The first kappa shape index (κ1) is 10.9. The van der Waals surface area contributed by atoms with E-state index in [1.165, 1.54) is 17.0 Å². The van der Waals surface area contributed by atoms with Crippen molar-refractivity contribution < 1.29 is 9.53 Å². The Hall–Kier alpha value is -0.640. The Morgan fingerprint density at radius 1 is 1.20 bits per heavy atom. The number of benzene rings is 1. The molecule has 0 aliphatic carbocycles. The van der Waals surface area contributed by atoms with Crippen molar-refractivity contribution in [2.24, 2.45) is 0 Å². The van der Waals surface area contributed by atoms with E-state index in [4.69, 9.17) is 39.5 Å². The van der Waals surface area contributed by atoms with E-state index >= 15 is 0 Å². The fourth-order valence-electron chi connectivity index (χ4n) is 1.39. The van der Waals surface area contributed by atoms with Gasteiger partial charge in [-0.15, -0.1) is 0 Å². The van der Waals surface area contributed by atoms with E-state index < -0.39 is 6.09 Å². The second-order valence-corrected chi connectivity index (χ2v) is 4.23. The first-order chi connectivity index (χ1) is 7.09. The molecule has 0 unspecified atom stereocenters. The van der Waals surface area contributed by atoms with Gasteiger partial charge in [-0.1, -0.05) is 34.8 Å². The van der Waals surface area contributed by atoms with Crippen molar-refractivity contribution in [1.29, 1.82) is 0 Å². The maximum Gasteiger partial charge on any atom is 0.414 e. The molecule has 0 saturated carbocycles. The number of amides is 1. The van der Waals surface area contributed by atoms with Crippen LogP contribution in [0.1, 0.15) is 0 Å². The summed E-state index contributed by atoms with van der Waals surface area (Å²) in [6.07, 6.45) is -0.443. The van der Waals surface area contributed by atoms with Gasteiger partial charge in [0.1, 0.15) is 6.61 Å². The van der Waals surface area contributed by atoms with Gasteiger partial charge in [-0.25, -0.2) is 4.79 Å². The Morgan fingerprint density at radius 2 is 1.80 bits per heavy atom. The highest BCUT2D eigenvalue weighted by atomic mass is 35.5. The number of cyclic esters (lactones) is 1. The van der Waals surface area contributed by atoms with Gasteiger partial charge in [-0.05, 0) is 12.1 Å². The van der Waals surface area contributed by atoms with Gasteiger partial charge in [0.25, 0.3) is 0 Å². The van der Waals surface area contributed by atoms with Gasteiger partial charge in [-0.3, -0.25) is 4.90 Å². The zero-order valence-electron chi connectivity index (χ0n) is 7.47. The van der Waals surface area contributed by atoms with Crippen LogP contribution in [0.3, 0.4) is 0 Å². The van der Waals surface area contributed by atoms with Gasteiger partial charge >= 0.3 is 6.09 Å². The smallest absolute Gasteiger partial charge is 0.414 e. The van der Waals surface area contributed by atoms with Gasteiger partial charge in [0.05, 0.1) is 22.3 Å². The molecule has 0 spiro atoms. The lowest BCUT2D eigenvalue weighted by Crippen LogP contribution is -2.24. The number of halogens is 3. The molecule has 0 N–H and O–H groups in total. The fourth-order valence-corrected chi connectivity index (χ4v) is 2.41. The van der Waals surface area contributed by atoms with Gasteiger partial charge in [0, 0.05) is 5.02 Å². The third-order valence-electron chi connectivity index (χ3n) is 2.01. The Bertz CT molecular complexity index is 399. The molecule has 1 amide bonds. The minimum absolute atomic E-state index is 0.339. The van der Waals surface area contributed by atoms with Crippen LogP contribution in [0, 0.1) is 0 Å². The van der Waals surface area contributed by atoms with E-state index in [0.29, 0.717) is 33.9 Å². The van der Waals surface area contributed by atoms with E-state index in [1.807, 2.05) is 0 Å². The summed E-state index contributed by atoms with van der Waals surface area (Å²) in [6.45, 7) is 0.786. The minimum Gasteiger partial charge on any atom is -0.447 e. The molecule has 6 heteroatoms. The molecule has 80 valence electrons. The monoisotopic (exact) mass is 265 g/mol. The third kappa shape index (κ3) is 2.00. The van der Waals surface area contributed by atoms with Crippen LogP contribution in [0.5, 0.6) is 0 Å². The standard InChI is InChI=1S/C9H6Cl3NO2/c10-5-3-6(11)8(7(12)4-5)13-1-2-15-9(13)14/h3-4H,1-2H2. The van der Waals surface area contributed by atoms with Crippen LogP contribution in [0.2, 0.25) is 15.1 Å². The number of rotatable bonds is 1. The number of carbonyl (C=O) groups excluding carboxylic acids is 1. The van der Waals surface area contributed by atoms with Crippen LogP contribution in [0.15, 0.2) is 12.1 Å². The normalized spacial score (nSPS) is 15.7. The van der Waals surface area contributed by atoms with Crippen LogP contribution in [-0.2, 0) is 4.74 Å². The van der Waals surface area contributed by atoms with Crippen molar-refractivity contribution in [3.63, 3.8) is 0 Å². The summed E-state index contributed by atoms with van der Waals surface area (Å²) >= 11 is 17.7. The molecule has 15 heavy (non-hydrogen) atoms. The van der Waals surface area contributed by atoms with E-state index in [0.717, 1.165) is 0 Å². The molecular weight excluding hydrogens is 260 g/mol. The number of hydrogen-bond acceptors (Lipinski definition) is 2. The number of anilines is 1. The van der Waals surface area contributed by atoms with Crippen LogP contribution in [0.25, 0.3) is 0 Å². The van der Waals surface area contributed by atoms with Crippen LogP contribution >= 0.6 is 34.8 Å². The summed E-state index contributed by atoms with van der Waals surface area (Å²) in [7, 11) is 0. The van der Waals surface area contributed by atoms with Gasteiger partial charge in [-0.2, -0.15) is 0 Å². The Balaban J connectivity index is 2.47. The number of carbonyl (C=O) groups is 1. The second-order valence-electron chi connectivity index (χ2n) is 2.98. The molecule has 1 heterocycles. The molecule has 1 aliphatic rings. The lowest BCUT2D eigenvalue weighted by Gasteiger charge is -2.16. The second kappa shape index (κ2) is 4.08. The quantitative estimate of drug-likeness (QED) is 0.777. The van der Waals surface area contributed by atoms with Crippen molar-refractivity contribution in [2.45, 2.75) is 0 Å². The molecule has 0 aromatic heterocycles. The van der Waals surface area contributed by atoms with Crippen molar-refractivity contribution in [3.05, 3.63) is 27.2 Å². The van der Waals surface area contributed by atoms with Gasteiger partial charge in [0.2, 0.25) is 0 Å². The Kier molecular flexibility index (Phi) is 2.96. The SMILES string of the molecule is O=C1OCCN1c1c(Cl)cc(Cl)cc1Cl. The third-order valence-corrected chi connectivity index (χ3v) is 2.81. The van der Waals surface area contributed by atoms with Crippen molar-refractivity contribution in [3.8, 4) is 0 Å². The van der Waals surface area contributed by atoms with Crippen molar-refractivity contribution in [2.75, 3.05) is 18.1 Å². The summed E-state index contributed by atoms with van der Waals surface area (Å²) in [6, 6.07) is 3.08. The average Bonchev–Trinajstić information content (AvgIpc) is 2.50. The molecule has 0 radical (unpaired) electrons. The molecular formula is C9H6Cl3NO2. The van der Waals surface area contributed by atoms with E-state index in [9.17, 15) is 4.79 Å². The van der Waals surface area contributed by atoms with Crippen molar-refractivity contribution >= 4 is 46.6 Å². The molecule has 1 aromatic carbocycles. The zero-order valence-corrected chi connectivity index (χ0v) is 9.73.